The van der Waals surface area contributed by atoms with Gasteiger partial charge in [-0.2, -0.15) is 0 Å². The first-order valence-corrected chi connectivity index (χ1v) is 4.72. The van der Waals surface area contributed by atoms with Gasteiger partial charge < -0.3 is 10.2 Å². The first kappa shape index (κ1) is 10.3. The van der Waals surface area contributed by atoms with Gasteiger partial charge in [-0.05, 0) is 19.2 Å². The van der Waals surface area contributed by atoms with Crippen LogP contribution in [0, 0.1) is 0 Å². The van der Waals surface area contributed by atoms with Gasteiger partial charge in [-0.25, -0.2) is 0 Å². The smallest absolute Gasteiger partial charge is 0.118 e. The molecule has 0 aliphatic rings. The van der Waals surface area contributed by atoms with Crippen molar-refractivity contribution in [2.24, 2.45) is 5.73 Å². The minimum Gasteiger partial charge on any atom is -0.465 e. The van der Waals surface area contributed by atoms with Gasteiger partial charge in [-0.15, -0.1) is 0 Å². The van der Waals surface area contributed by atoms with Crippen LogP contribution in [0.1, 0.15) is 18.4 Å². The van der Waals surface area contributed by atoms with E-state index < -0.39 is 0 Å². The topological polar surface area (TPSA) is 42.4 Å². The van der Waals surface area contributed by atoms with Gasteiger partial charge >= 0.3 is 0 Å². The minimum absolute atomic E-state index is 0.692. The standard InChI is InChI=1S/C10H18N2O/c1-3-9-4-5-10(13-9)8-12(2)7-6-11/h4-5H,3,6-8,11H2,1-2H3. The fraction of sp³-hybridized carbons (Fsp3) is 0.600. The van der Waals surface area contributed by atoms with E-state index in [1.807, 2.05) is 19.2 Å². The molecule has 13 heavy (non-hydrogen) atoms. The summed E-state index contributed by atoms with van der Waals surface area (Å²) in [6.45, 7) is 4.53. The van der Waals surface area contributed by atoms with Crippen molar-refractivity contribution in [3.8, 4) is 0 Å². The molecule has 1 aromatic rings. The van der Waals surface area contributed by atoms with Crippen LogP contribution in [-0.4, -0.2) is 25.0 Å². The number of nitrogens with zero attached hydrogens (tertiary/aromatic N) is 1. The molecule has 0 fully saturated rings. The highest BCUT2D eigenvalue weighted by Crippen LogP contribution is 2.09. The molecule has 0 atom stereocenters. The van der Waals surface area contributed by atoms with Crippen molar-refractivity contribution >= 4 is 0 Å². The molecule has 1 heterocycles. The number of hydrogen-bond donors (Lipinski definition) is 1. The van der Waals surface area contributed by atoms with Gasteiger partial charge in [-0.3, -0.25) is 4.90 Å². The van der Waals surface area contributed by atoms with Gasteiger partial charge in [-0.1, -0.05) is 6.92 Å². The summed E-state index contributed by atoms with van der Waals surface area (Å²) in [6, 6.07) is 4.07. The summed E-state index contributed by atoms with van der Waals surface area (Å²) < 4.78 is 5.57. The maximum atomic E-state index is 5.57. The van der Waals surface area contributed by atoms with Crippen LogP contribution in [0.25, 0.3) is 0 Å². The van der Waals surface area contributed by atoms with Crippen LogP contribution in [0.15, 0.2) is 16.5 Å². The van der Waals surface area contributed by atoms with E-state index in [1.54, 1.807) is 0 Å². The van der Waals surface area contributed by atoms with Crippen LogP contribution in [0.4, 0.5) is 0 Å². The Bertz CT molecular complexity index is 245. The van der Waals surface area contributed by atoms with Gasteiger partial charge in [0.15, 0.2) is 0 Å². The summed E-state index contributed by atoms with van der Waals surface area (Å²) in [5.74, 6) is 2.07. The van der Waals surface area contributed by atoms with Crippen LogP contribution < -0.4 is 5.73 Å². The molecule has 0 unspecified atom stereocenters. The fourth-order valence-corrected chi connectivity index (χ4v) is 1.26. The molecular weight excluding hydrogens is 164 g/mol. The van der Waals surface area contributed by atoms with Gasteiger partial charge in [0.25, 0.3) is 0 Å². The molecular formula is C10H18N2O. The third-order valence-electron chi connectivity index (χ3n) is 2.00. The highest BCUT2D eigenvalue weighted by atomic mass is 16.3. The Morgan fingerprint density at radius 2 is 2.08 bits per heavy atom. The maximum Gasteiger partial charge on any atom is 0.118 e. The van der Waals surface area contributed by atoms with Crippen LogP contribution in [0.3, 0.4) is 0 Å². The second-order valence-electron chi connectivity index (χ2n) is 3.25. The maximum absolute atomic E-state index is 5.57. The van der Waals surface area contributed by atoms with Crippen molar-refractivity contribution in [1.29, 1.82) is 0 Å². The summed E-state index contributed by atoms with van der Waals surface area (Å²) in [5, 5.41) is 0. The second-order valence-corrected chi connectivity index (χ2v) is 3.25. The second kappa shape index (κ2) is 5.04. The summed E-state index contributed by atoms with van der Waals surface area (Å²) >= 11 is 0. The molecule has 0 saturated heterocycles. The molecule has 0 aromatic carbocycles. The lowest BCUT2D eigenvalue weighted by atomic mass is 10.3. The molecule has 0 aliphatic carbocycles. The Hall–Kier alpha value is -0.800. The van der Waals surface area contributed by atoms with Crippen molar-refractivity contribution in [2.45, 2.75) is 19.9 Å². The first-order valence-electron chi connectivity index (χ1n) is 4.72. The number of nitrogens with two attached hydrogens (primary N) is 1. The normalized spacial score (nSPS) is 11.1. The molecule has 3 nitrogen and oxygen atoms in total. The molecule has 74 valence electrons. The monoisotopic (exact) mass is 182 g/mol. The van der Waals surface area contributed by atoms with E-state index in [1.165, 1.54) is 0 Å². The summed E-state index contributed by atoms with van der Waals surface area (Å²) in [5.41, 5.74) is 5.44. The van der Waals surface area contributed by atoms with E-state index in [9.17, 15) is 0 Å². The van der Waals surface area contributed by atoms with Gasteiger partial charge in [0.1, 0.15) is 11.5 Å². The third kappa shape index (κ3) is 3.20. The SMILES string of the molecule is CCc1ccc(CN(C)CCN)o1. The fourth-order valence-electron chi connectivity index (χ4n) is 1.26. The van der Waals surface area contributed by atoms with E-state index in [4.69, 9.17) is 10.2 Å². The summed E-state index contributed by atoms with van der Waals surface area (Å²) in [7, 11) is 2.04. The molecule has 1 rings (SSSR count). The van der Waals surface area contributed by atoms with E-state index in [0.29, 0.717) is 6.54 Å². The molecule has 2 N–H and O–H groups in total. The van der Waals surface area contributed by atoms with Gasteiger partial charge in [0.05, 0.1) is 6.54 Å². The van der Waals surface area contributed by atoms with Crippen molar-refractivity contribution in [3.63, 3.8) is 0 Å². The largest absolute Gasteiger partial charge is 0.465 e. The number of furan rings is 1. The van der Waals surface area contributed by atoms with Crippen molar-refractivity contribution in [1.82, 2.24) is 4.90 Å². The number of rotatable bonds is 5. The Morgan fingerprint density at radius 3 is 2.62 bits per heavy atom. The van der Waals surface area contributed by atoms with Crippen LogP contribution in [0.2, 0.25) is 0 Å². The quantitative estimate of drug-likeness (QED) is 0.744. The van der Waals surface area contributed by atoms with E-state index in [-0.39, 0.29) is 0 Å². The van der Waals surface area contributed by atoms with E-state index in [2.05, 4.69) is 11.8 Å². The molecule has 3 heteroatoms. The molecule has 0 saturated carbocycles. The Kier molecular flexibility index (Phi) is 3.99. The Labute approximate surface area is 79.5 Å². The highest BCUT2D eigenvalue weighted by molar-refractivity contribution is 5.06. The first-order chi connectivity index (χ1) is 6.26. The molecule has 0 amide bonds. The van der Waals surface area contributed by atoms with Crippen molar-refractivity contribution in [2.75, 3.05) is 20.1 Å². The summed E-state index contributed by atoms with van der Waals surface area (Å²) in [4.78, 5) is 2.15. The molecule has 0 spiro atoms. The molecule has 0 bridgehead atoms. The number of likely N-dealkylation sites (N-methyl/N-ethyl adjacent to an activating group) is 1. The van der Waals surface area contributed by atoms with Crippen molar-refractivity contribution in [3.05, 3.63) is 23.7 Å². The summed E-state index contributed by atoms with van der Waals surface area (Å²) in [6.07, 6.45) is 0.959. The lowest BCUT2D eigenvalue weighted by Crippen LogP contribution is -2.24. The zero-order chi connectivity index (χ0) is 9.68. The zero-order valence-electron chi connectivity index (χ0n) is 8.42. The van der Waals surface area contributed by atoms with Crippen LogP contribution >= 0.6 is 0 Å². The average Bonchev–Trinajstić information content (AvgIpc) is 2.52. The van der Waals surface area contributed by atoms with Crippen LogP contribution in [-0.2, 0) is 13.0 Å². The van der Waals surface area contributed by atoms with Crippen LogP contribution in [0.5, 0.6) is 0 Å². The van der Waals surface area contributed by atoms with E-state index in [0.717, 1.165) is 31.0 Å². The van der Waals surface area contributed by atoms with Crippen molar-refractivity contribution < 1.29 is 4.42 Å². The Balaban J connectivity index is 2.44. The lowest BCUT2D eigenvalue weighted by Gasteiger charge is -2.12. The molecule has 1 aromatic heterocycles. The lowest BCUT2D eigenvalue weighted by molar-refractivity contribution is 0.298. The average molecular weight is 182 g/mol. The van der Waals surface area contributed by atoms with Gasteiger partial charge in [0.2, 0.25) is 0 Å². The minimum atomic E-state index is 0.692. The van der Waals surface area contributed by atoms with Gasteiger partial charge in [0, 0.05) is 19.5 Å². The zero-order valence-corrected chi connectivity index (χ0v) is 8.42. The third-order valence-corrected chi connectivity index (χ3v) is 2.00. The molecule has 0 radical (unpaired) electrons. The highest BCUT2D eigenvalue weighted by Gasteiger charge is 2.03. The number of aryl methyl sites for hydroxylation is 1. The number of hydrogen-bond acceptors (Lipinski definition) is 3. The predicted molar refractivity (Wildman–Crippen MR) is 53.5 cm³/mol. The predicted octanol–water partition coefficient (Wildman–Crippen LogP) is 1.23. The molecule has 0 aliphatic heterocycles. The Morgan fingerprint density at radius 1 is 1.38 bits per heavy atom. The van der Waals surface area contributed by atoms with E-state index >= 15 is 0 Å².